The molecule has 1 heterocycles. The Morgan fingerprint density at radius 1 is 1.50 bits per heavy atom. The monoisotopic (exact) mass is 250 g/mol. The van der Waals surface area contributed by atoms with Gasteiger partial charge in [0, 0.05) is 24.6 Å². The van der Waals surface area contributed by atoms with Crippen LogP contribution in [-0.4, -0.2) is 29.3 Å². The maximum Gasteiger partial charge on any atom is 0.260 e. The van der Waals surface area contributed by atoms with E-state index in [0.29, 0.717) is 24.1 Å². The molecule has 96 valence electrons. The number of imide groups is 1. The molecule has 1 atom stereocenters. The topological polar surface area (TPSA) is 63.4 Å². The van der Waals surface area contributed by atoms with Crippen LogP contribution in [0, 0.1) is 12.7 Å². The van der Waals surface area contributed by atoms with E-state index in [4.69, 9.17) is 5.73 Å². The number of piperidine rings is 1. The summed E-state index contributed by atoms with van der Waals surface area (Å²) in [5.41, 5.74) is 6.38. The number of carbonyl (C=O) groups excluding carboxylic acids is 2. The highest BCUT2D eigenvalue weighted by Crippen LogP contribution is 2.16. The molecule has 1 aliphatic rings. The molecular formula is C13H15FN2O2. The normalized spacial score (nSPS) is 20.1. The zero-order chi connectivity index (χ0) is 13.3. The molecule has 0 aliphatic carbocycles. The van der Waals surface area contributed by atoms with E-state index in [2.05, 4.69) is 0 Å². The number of nitrogens with zero attached hydrogens (tertiary/aromatic N) is 1. The highest BCUT2D eigenvalue weighted by Gasteiger charge is 2.29. The van der Waals surface area contributed by atoms with Crippen LogP contribution in [0.2, 0.25) is 0 Å². The Balaban J connectivity index is 2.20. The minimum Gasteiger partial charge on any atom is -0.327 e. The number of carbonyl (C=O) groups is 2. The second kappa shape index (κ2) is 4.86. The minimum atomic E-state index is -0.380. The molecule has 0 radical (unpaired) electrons. The lowest BCUT2D eigenvalue weighted by atomic mass is 10.0. The SMILES string of the molecule is Cc1cc(C(=O)N2CCC(N)CC2=O)ccc1F. The Morgan fingerprint density at radius 2 is 2.22 bits per heavy atom. The standard InChI is InChI=1S/C13H15FN2O2/c1-8-6-9(2-3-11(8)14)13(18)16-5-4-10(15)7-12(16)17/h2-3,6,10H,4-5,7,15H2,1H3. The van der Waals surface area contributed by atoms with Gasteiger partial charge < -0.3 is 5.73 Å². The van der Waals surface area contributed by atoms with Crippen molar-refractivity contribution in [2.45, 2.75) is 25.8 Å². The summed E-state index contributed by atoms with van der Waals surface area (Å²) >= 11 is 0. The maximum absolute atomic E-state index is 13.1. The van der Waals surface area contributed by atoms with E-state index in [9.17, 15) is 14.0 Å². The van der Waals surface area contributed by atoms with Crippen LogP contribution in [0.5, 0.6) is 0 Å². The van der Waals surface area contributed by atoms with E-state index in [0.717, 1.165) is 0 Å². The summed E-state index contributed by atoms with van der Waals surface area (Å²) in [6, 6.07) is 3.92. The third-order valence-corrected chi connectivity index (χ3v) is 3.11. The Hall–Kier alpha value is -1.75. The quantitative estimate of drug-likeness (QED) is 0.762. The number of hydrogen-bond donors (Lipinski definition) is 1. The molecule has 1 saturated heterocycles. The van der Waals surface area contributed by atoms with Gasteiger partial charge in [-0.1, -0.05) is 0 Å². The molecule has 1 unspecified atom stereocenters. The first kappa shape index (κ1) is 12.7. The van der Waals surface area contributed by atoms with Gasteiger partial charge in [-0.05, 0) is 37.1 Å². The lowest BCUT2D eigenvalue weighted by Crippen LogP contribution is -2.46. The van der Waals surface area contributed by atoms with Crippen LogP contribution >= 0.6 is 0 Å². The predicted molar refractivity (Wildman–Crippen MR) is 64.4 cm³/mol. The molecular weight excluding hydrogens is 235 g/mol. The molecule has 0 aromatic heterocycles. The molecule has 5 heteroatoms. The summed E-state index contributed by atoms with van der Waals surface area (Å²) < 4.78 is 13.1. The molecule has 1 aromatic rings. The Bertz CT molecular complexity index is 502. The van der Waals surface area contributed by atoms with E-state index in [1.807, 2.05) is 0 Å². The van der Waals surface area contributed by atoms with Crippen molar-refractivity contribution in [1.29, 1.82) is 0 Å². The fourth-order valence-corrected chi connectivity index (χ4v) is 2.00. The van der Waals surface area contributed by atoms with Crippen molar-refractivity contribution in [3.63, 3.8) is 0 Å². The number of halogens is 1. The Kier molecular flexibility index (Phi) is 3.43. The van der Waals surface area contributed by atoms with E-state index < -0.39 is 0 Å². The predicted octanol–water partition coefficient (Wildman–Crippen LogP) is 1.22. The van der Waals surface area contributed by atoms with Crippen LogP contribution in [0.1, 0.15) is 28.8 Å². The summed E-state index contributed by atoms with van der Waals surface area (Å²) in [6.07, 6.45) is 0.795. The molecule has 0 saturated carbocycles. The molecule has 0 bridgehead atoms. The number of nitrogens with two attached hydrogens (primary N) is 1. The van der Waals surface area contributed by atoms with Crippen LogP contribution in [-0.2, 0) is 4.79 Å². The van der Waals surface area contributed by atoms with E-state index in [-0.39, 0.29) is 30.1 Å². The van der Waals surface area contributed by atoms with Crippen LogP contribution in [0.3, 0.4) is 0 Å². The molecule has 1 aromatic carbocycles. The summed E-state index contributed by atoms with van der Waals surface area (Å²) in [5, 5.41) is 0. The first-order chi connectivity index (χ1) is 8.49. The molecule has 1 fully saturated rings. The van der Waals surface area contributed by atoms with Gasteiger partial charge in [0.1, 0.15) is 5.82 Å². The third-order valence-electron chi connectivity index (χ3n) is 3.11. The summed E-state index contributed by atoms with van der Waals surface area (Å²) in [4.78, 5) is 25.0. The summed E-state index contributed by atoms with van der Waals surface area (Å²) in [6.45, 7) is 1.91. The van der Waals surface area contributed by atoms with Gasteiger partial charge in [-0.2, -0.15) is 0 Å². The second-order valence-corrected chi connectivity index (χ2v) is 4.57. The molecule has 4 nitrogen and oxygen atoms in total. The van der Waals surface area contributed by atoms with Crippen molar-refractivity contribution in [2.24, 2.45) is 5.73 Å². The van der Waals surface area contributed by atoms with Crippen molar-refractivity contribution >= 4 is 11.8 Å². The first-order valence-corrected chi connectivity index (χ1v) is 5.85. The van der Waals surface area contributed by atoms with Crippen LogP contribution < -0.4 is 5.73 Å². The van der Waals surface area contributed by atoms with Crippen molar-refractivity contribution < 1.29 is 14.0 Å². The van der Waals surface area contributed by atoms with Crippen molar-refractivity contribution in [2.75, 3.05) is 6.54 Å². The van der Waals surface area contributed by atoms with E-state index in [1.54, 1.807) is 6.92 Å². The van der Waals surface area contributed by atoms with Gasteiger partial charge in [0.2, 0.25) is 5.91 Å². The second-order valence-electron chi connectivity index (χ2n) is 4.57. The highest BCUT2D eigenvalue weighted by atomic mass is 19.1. The number of hydrogen-bond acceptors (Lipinski definition) is 3. The lowest BCUT2D eigenvalue weighted by Gasteiger charge is -2.28. The van der Waals surface area contributed by atoms with Crippen molar-refractivity contribution in [3.05, 3.63) is 35.1 Å². The number of likely N-dealkylation sites (tertiary alicyclic amines) is 1. The molecule has 0 spiro atoms. The van der Waals surface area contributed by atoms with Gasteiger partial charge in [0.15, 0.2) is 0 Å². The molecule has 2 rings (SSSR count). The van der Waals surface area contributed by atoms with Crippen LogP contribution in [0.25, 0.3) is 0 Å². The molecule has 18 heavy (non-hydrogen) atoms. The smallest absolute Gasteiger partial charge is 0.260 e. The highest BCUT2D eigenvalue weighted by molar-refractivity contribution is 6.05. The van der Waals surface area contributed by atoms with Gasteiger partial charge in [-0.15, -0.1) is 0 Å². The fraction of sp³-hybridized carbons (Fsp3) is 0.385. The van der Waals surface area contributed by atoms with Crippen molar-refractivity contribution in [3.8, 4) is 0 Å². The van der Waals surface area contributed by atoms with Gasteiger partial charge in [0.25, 0.3) is 5.91 Å². The maximum atomic E-state index is 13.1. The zero-order valence-corrected chi connectivity index (χ0v) is 10.1. The first-order valence-electron chi connectivity index (χ1n) is 5.85. The average molecular weight is 250 g/mol. The number of rotatable bonds is 1. The lowest BCUT2D eigenvalue weighted by molar-refractivity contribution is -0.130. The van der Waals surface area contributed by atoms with E-state index >= 15 is 0 Å². The van der Waals surface area contributed by atoms with Gasteiger partial charge >= 0.3 is 0 Å². The summed E-state index contributed by atoms with van der Waals surface area (Å²) in [7, 11) is 0. The van der Waals surface area contributed by atoms with Gasteiger partial charge in [-0.3, -0.25) is 14.5 Å². The number of benzene rings is 1. The average Bonchev–Trinajstić information content (AvgIpc) is 2.32. The fourth-order valence-electron chi connectivity index (χ4n) is 2.00. The third kappa shape index (κ3) is 2.41. The largest absolute Gasteiger partial charge is 0.327 e. The number of aryl methyl sites for hydroxylation is 1. The Morgan fingerprint density at radius 3 is 2.83 bits per heavy atom. The van der Waals surface area contributed by atoms with Crippen molar-refractivity contribution in [1.82, 2.24) is 4.90 Å². The molecule has 1 aliphatic heterocycles. The Labute approximate surface area is 105 Å². The minimum absolute atomic E-state index is 0.170. The zero-order valence-electron chi connectivity index (χ0n) is 10.1. The summed E-state index contributed by atoms with van der Waals surface area (Å²) in [5.74, 6) is -1.01. The van der Waals surface area contributed by atoms with Gasteiger partial charge in [-0.25, -0.2) is 4.39 Å². The molecule has 2 N–H and O–H groups in total. The molecule has 2 amide bonds. The van der Waals surface area contributed by atoms with Gasteiger partial charge in [0.05, 0.1) is 0 Å². The van der Waals surface area contributed by atoms with E-state index in [1.165, 1.54) is 23.1 Å². The number of amides is 2. The van der Waals surface area contributed by atoms with Crippen LogP contribution in [0.15, 0.2) is 18.2 Å². The van der Waals surface area contributed by atoms with Crippen LogP contribution in [0.4, 0.5) is 4.39 Å².